The van der Waals surface area contributed by atoms with Gasteiger partial charge in [0.1, 0.15) is 0 Å². The number of nitro groups is 1. The summed E-state index contributed by atoms with van der Waals surface area (Å²) >= 11 is 3.24. The van der Waals surface area contributed by atoms with Crippen LogP contribution in [0.15, 0.2) is 22.7 Å². The molecular formula is C13H16BrN3O2. The second-order valence-electron chi connectivity index (χ2n) is 4.39. The highest BCUT2D eigenvalue weighted by atomic mass is 79.9. The van der Waals surface area contributed by atoms with Gasteiger partial charge in [-0.25, -0.2) is 0 Å². The van der Waals surface area contributed by atoms with Crippen molar-refractivity contribution in [1.29, 1.82) is 5.26 Å². The lowest BCUT2D eigenvalue weighted by Crippen LogP contribution is -2.27. The summed E-state index contributed by atoms with van der Waals surface area (Å²) < 4.78 is 0.691. The van der Waals surface area contributed by atoms with Gasteiger partial charge in [0.2, 0.25) is 0 Å². The Balaban J connectivity index is 2.91. The van der Waals surface area contributed by atoms with E-state index in [9.17, 15) is 10.1 Å². The van der Waals surface area contributed by atoms with Crippen LogP contribution in [0.25, 0.3) is 0 Å². The third-order valence-electron chi connectivity index (χ3n) is 2.84. The largest absolute Gasteiger partial charge is 0.298 e. The van der Waals surface area contributed by atoms with Crippen molar-refractivity contribution in [1.82, 2.24) is 4.90 Å². The van der Waals surface area contributed by atoms with Gasteiger partial charge in [0.05, 0.1) is 16.9 Å². The maximum absolute atomic E-state index is 11.0. The van der Waals surface area contributed by atoms with E-state index in [1.54, 1.807) is 12.1 Å². The monoisotopic (exact) mass is 325 g/mol. The van der Waals surface area contributed by atoms with E-state index in [0.29, 0.717) is 23.1 Å². The zero-order valence-corrected chi connectivity index (χ0v) is 12.6. The third-order valence-corrected chi connectivity index (χ3v) is 3.33. The number of hydrogen-bond donors (Lipinski definition) is 0. The molecule has 6 heteroatoms. The van der Waals surface area contributed by atoms with Crippen molar-refractivity contribution in [3.05, 3.63) is 38.3 Å². The van der Waals surface area contributed by atoms with Crippen LogP contribution in [0, 0.1) is 27.4 Å². The summed E-state index contributed by atoms with van der Waals surface area (Å²) in [5, 5.41) is 19.9. The fourth-order valence-corrected chi connectivity index (χ4v) is 2.16. The number of nitro benzene ring substituents is 1. The van der Waals surface area contributed by atoms with Gasteiger partial charge < -0.3 is 0 Å². The van der Waals surface area contributed by atoms with Gasteiger partial charge in [-0.05, 0) is 25.6 Å². The molecule has 1 unspecified atom stereocenters. The molecule has 0 aliphatic carbocycles. The van der Waals surface area contributed by atoms with E-state index < -0.39 is 0 Å². The molecule has 0 amide bonds. The first-order valence-corrected chi connectivity index (χ1v) is 6.82. The van der Waals surface area contributed by atoms with Crippen LogP contribution in [-0.4, -0.2) is 22.9 Å². The van der Waals surface area contributed by atoms with Gasteiger partial charge >= 0.3 is 0 Å². The molecule has 0 aliphatic rings. The molecule has 102 valence electrons. The molecule has 0 saturated carbocycles. The Bertz CT molecular complexity index is 499. The van der Waals surface area contributed by atoms with Gasteiger partial charge in [0, 0.05) is 29.2 Å². The maximum atomic E-state index is 11.0. The summed E-state index contributed by atoms with van der Waals surface area (Å²) in [5.41, 5.74) is 0.776. The quantitative estimate of drug-likeness (QED) is 0.594. The molecule has 0 aliphatic heterocycles. The molecular weight excluding hydrogens is 310 g/mol. The van der Waals surface area contributed by atoms with E-state index in [0.717, 1.165) is 6.54 Å². The molecule has 0 saturated heterocycles. The highest BCUT2D eigenvalue weighted by Crippen LogP contribution is 2.24. The van der Waals surface area contributed by atoms with E-state index >= 15 is 0 Å². The minimum Gasteiger partial charge on any atom is -0.298 e. The first kappa shape index (κ1) is 15.6. The van der Waals surface area contributed by atoms with Crippen LogP contribution in [0.3, 0.4) is 0 Å². The van der Waals surface area contributed by atoms with Gasteiger partial charge in [0.15, 0.2) is 0 Å². The molecule has 1 rings (SSSR count). The van der Waals surface area contributed by atoms with Gasteiger partial charge in [0.25, 0.3) is 5.69 Å². The maximum Gasteiger partial charge on any atom is 0.275 e. The molecule has 0 fully saturated rings. The highest BCUT2D eigenvalue weighted by molar-refractivity contribution is 9.10. The Morgan fingerprint density at radius 3 is 2.79 bits per heavy atom. The number of rotatable bonds is 6. The standard InChI is InChI=1S/C13H16BrN3O2/c1-3-16(8-10(2)7-15)9-11-4-5-12(14)6-13(11)17(18)19/h4-6,10H,3,8-9H2,1-2H3. The van der Waals surface area contributed by atoms with Gasteiger partial charge in [-0.2, -0.15) is 5.26 Å². The number of halogens is 1. The van der Waals surface area contributed by atoms with Crippen LogP contribution in [0.1, 0.15) is 19.4 Å². The second-order valence-corrected chi connectivity index (χ2v) is 5.30. The summed E-state index contributed by atoms with van der Waals surface area (Å²) in [4.78, 5) is 12.7. The van der Waals surface area contributed by atoms with E-state index in [2.05, 4.69) is 22.0 Å². The lowest BCUT2D eigenvalue weighted by molar-refractivity contribution is -0.385. The molecule has 19 heavy (non-hydrogen) atoms. The van der Waals surface area contributed by atoms with Crippen LogP contribution in [0.4, 0.5) is 5.69 Å². The molecule has 0 spiro atoms. The minimum atomic E-state index is -0.373. The Morgan fingerprint density at radius 1 is 1.58 bits per heavy atom. The van der Waals surface area contributed by atoms with Crippen LogP contribution in [-0.2, 0) is 6.54 Å². The molecule has 1 atom stereocenters. The highest BCUT2D eigenvalue weighted by Gasteiger charge is 2.17. The zero-order valence-electron chi connectivity index (χ0n) is 11.0. The number of nitriles is 1. The van der Waals surface area contributed by atoms with Crippen LogP contribution in [0.2, 0.25) is 0 Å². The molecule has 0 aromatic heterocycles. The molecule has 0 heterocycles. The molecule has 1 aromatic carbocycles. The average Bonchev–Trinajstić information content (AvgIpc) is 2.39. The Kier molecular flexibility index (Phi) is 5.93. The van der Waals surface area contributed by atoms with Crippen molar-refractivity contribution in [2.24, 2.45) is 5.92 Å². The first-order valence-electron chi connectivity index (χ1n) is 6.02. The van der Waals surface area contributed by atoms with Crippen molar-refractivity contribution in [2.75, 3.05) is 13.1 Å². The molecule has 0 radical (unpaired) electrons. The first-order chi connectivity index (χ1) is 8.97. The number of hydrogen-bond acceptors (Lipinski definition) is 4. The van der Waals surface area contributed by atoms with Crippen LogP contribution < -0.4 is 0 Å². The summed E-state index contributed by atoms with van der Waals surface area (Å²) in [6.07, 6.45) is 0. The van der Waals surface area contributed by atoms with Gasteiger partial charge in [-0.15, -0.1) is 0 Å². The fraction of sp³-hybridized carbons (Fsp3) is 0.462. The second kappa shape index (κ2) is 7.22. The van der Waals surface area contributed by atoms with Gasteiger partial charge in [-0.3, -0.25) is 15.0 Å². The zero-order chi connectivity index (χ0) is 14.4. The predicted molar refractivity (Wildman–Crippen MR) is 76.5 cm³/mol. The van der Waals surface area contributed by atoms with Crippen molar-refractivity contribution in [3.8, 4) is 6.07 Å². The Hall–Kier alpha value is -1.45. The van der Waals surface area contributed by atoms with E-state index in [4.69, 9.17) is 5.26 Å². The minimum absolute atomic E-state index is 0.0885. The summed E-state index contributed by atoms with van der Waals surface area (Å²) in [6, 6.07) is 7.24. The van der Waals surface area contributed by atoms with E-state index in [1.165, 1.54) is 6.07 Å². The summed E-state index contributed by atoms with van der Waals surface area (Å²) in [5.74, 6) is -0.0885. The average molecular weight is 326 g/mol. The smallest absolute Gasteiger partial charge is 0.275 e. The van der Waals surface area contributed by atoms with Crippen molar-refractivity contribution >= 4 is 21.6 Å². The van der Waals surface area contributed by atoms with Crippen LogP contribution >= 0.6 is 15.9 Å². The normalized spacial score (nSPS) is 12.2. The Labute approximate surface area is 121 Å². The molecule has 1 aromatic rings. The number of nitrogens with zero attached hydrogens (tertiary/aromatic N) is 3. The molecule has 5 nitrogen and oxygen atoms in total. The van der Waals surface area contributed by atoms with E-state index in [-0.39, 0.29) is 16.5 Å². The summed E-state index contributed by atoms with van der Waals surface area (Å²) in [7, 11) is 0. The predicted octanol–water partition coefficient (Wildman–Crippen LogP) is 3.34. The van der Waals surface area contributed by atoms with Crippen molar-refractivity contribution in [3.63, 3.8) is 0 Å². The number of benzene rings is 1. The summed E-state index contributed by atoms with van der Waals surface area (Å²) in [6.45, 7) is 5.67. The van der Waals surface area contributed by atoms with Crippen molar-refractivity contribution < 1.29 is 4.92 Å². The van der Waals surface area contributed by atoms with Crippen LogP contribution in [0.5, 0.6) is 0 Å². The Morgan fingerprint density at radius 2 is 2.26 bits per heavy atom. The third kappa shape index (κ3) is 4.62. The van der Waals surface area contributed by atoms with E-state index in [1.807, 2.05) is 18.7 Å². The lowest BCUT2D eigenvalue weighted by atomic mass is 10.1. The van der Waals surface area contributed by atoms with Crippen molar-refractivity contribution in [2.45, 2.75) is 20.4 Å². The molecule has 0 N–H and O–H groups in total. The van der Waals surface area contributed by atoms with Gasteiger partial charge in [-0.1, -0.05) is 22.9 Å². The topological polar surface area (TPSA) is 70.2 Å². The fourth-order valence-electron chi connectivity index (χ4n) is 1.82. The lowest BCUT2D eigenvalue weighted by Gasteiger charge is -2.21. The molecule has 0 bridgehead atoms. The SMILES string of the molecule is CCN(Cc1ccc(Br)cc1[N+](=O)[O-])CC(C)C#N.